The van der Waals surface area contributed by atoms with Crippen LogP contribution in [0.1, 0.15) is 16.1 Å². The van der Waals surface area contributed by atoms with Crippen molar-refractivity contribution in [2.24, 2.45) is 0 Å². The molecule has 2 rings (SSSR count). The van der Waals surface area contributed by atoms with Crippen LogP contribution < -0.4 is 0 Å². The second-order valence-electron chi connectivity index (χ2n) is 3.29. The molecule has 2 aromatic heterocycles. The molecule has 0 amide bonds. The van der Waals surface area contributed by atoms with E-state index in [9.17, 15) is 4.79 Å². The number of carbonyl (C=O) groups is 1. The zero-order valence-electron chi connectivity index (χ0n) is 8.99. The summed E-state index contributed by atoms with van der Waals surface area (Å²) in [5, 5.41) is 10.2. The fourth-order valence-corrected chi connectivity index (χ4v) is 2.03. The molecule has 0 unspecified atom stereocenters. The molecule has 0 aliphatic carbocycles. The Bertz CT molecular complexity index is 560. The van der Waals surface area contributed by atoms with E-state index in [1.807, 2.05) is 13.0 Å². The minimum absolute atomic E-state index is 0.216. The number of carboxylic acid groups (broad SMARTS) is 1. The van der Waals surface area contributed by atoms with E-state index in [4.69, 9.17) is 5.11 Å². The molecule has 6 heteroatoms. The standard InChI is InChI=1S/C11H9N3O2S/c1-7-4-9(14-6-13-7)17-10-5-8(11(15)16)2-3-12-10/h2-6H,1H3,(H,15,16). The highest BCUT2D eigenvalue weighted by atomic mass is 32.2. The summed E-state index contributed by atoms with van der Waals surface area (Å²) < 4.78 is 0. The van der Waals surface area contributed by atoms with E-state index < -0.39 is 5.97 Å². The Balaban J connectivity index is 2.24. The van der Waals surface area contributed by atoms with E-state index in [1.54, 1.807) is 0 Å². The monoisotopic (exact) mass is 247 g/mol. The van der Waals surface area contributed by atoms with Crippen LogP contribution in [0.15, 0.2) is 40.8 Å². The van der Waals surface area contributed by atoms with Crippen LogP contribution in [0.3, 0.4) is 0 Å². The van der Waals surface area contributed by atoms with Crippen LogP contribution in [0.4, 0.5) is 0 Å². The molecule has 0 aromatic carbocycles. The molecule has 0 aliphatic rings. The number of aryl methyl sites for hydroxylation is 1. The summed E-state index contributed by atoms with van der Waals surface area (Å²) >= 11 is 1.31. The zero-order valence-corrected chi connectivity index (χ0v) is 9.81. The van der Waals surface area contributed by atoms with E-state index >= 15 is 0 Å². The lowest BCUT2D eigenvalue weighted by Crippen LogP contribution is -1.96. The normalized spacial score (nSPS) is 10.2. The van der Waals surface area contributed by atoms with Crippen molar-refractivity contribution in [2.75, 3.05) is 0 Å². The van der Waals surface area contributed by atoms with Crippen molar-refractivity contribution in [3.05, 3.63) is 42.0 Å². The third kappa shape index (κ3) is 3.01. The van der Waals surface area contributed by atoms with Gasteiger partial charge in [0.05, 0.1) is 5.56 Å². The van der Waals surface area contributed by atoms with E-state index in [-0.39, 0.29) is 5.56 Å². The molecular weight excluding hydrogens is 238 g/mol. The van der Waals surface area contributed by atoms with Crippen molar-refractivity contribution in [1.82, 2.24) is 15.0 Å². The van der Waals surface area contributed by atoms with Crippen LogP contribution in [0.25, 0.3) is 0 Å². The van der Waals surface area contributed by atoms with Crippen LogP contribution in [-0.4, -0.2) is 26.0 Å². The van der Waals surface area contributed by atoms with Gasteiger partial charge in [-0.1, -0.05) is 0 Å². The molecule has 17 heavy (non-hydrogen) atoms. The predicted octanol–water partition coefficient (Wildman–Crippen LogP) is 2.03. The van der Waals surface area contributed by atoms with E-state index in [0.29, 0.717) is 5.03 Å². The summed E-state index contributed by atoms with van der Waals surface area (Å²) in [6, 6.07) is 4.79. The molecule has 0 atom stereocenters. The summed E-state index contributed by atoms with van der Waals surface area (Å²) in [5.74, 6) is -0.965. The number of aromatic nitrogens is 3. The fraction of sp³-hybridized carbons (Fsp3) is 0.0909. The second kappa shape index (κ2) is 4.92. The van der Waals surface area contributed by atoms with Crippen molar-refractivity contribution in [2.45, 2.75) is 17.0 Å². The fourth-order valence-electron chi connectivity index (χ4n) is 1.19. The summed E-state index contributed by atoms with van der Waals surface area (Å²) in [5.41, 5.74) is 1.07. The van der Waals surface area contributed by atoms with E-state index in [2.05, 4.69) is 15.0 Å². The van der Waals surface area contributed by atoms with Crippen molar-refractivity contribution in [3.8, 4) is 0 Å². The molecule has 2 aromatic rings. The highest BCUT2D eigenvalue weighted by molar-refractivity contribution is 7.99. The van der Waals surface area contributed by atoms with Crippen molar-refractivity contribution in [1.29, 1.82) is 0 Å². The summed E-state index contributed by atoms with van der Waals surface area (Å²) in [4.78, 5) is 22.9. The van der Waals surface area contributed by atoms with Gasteiger partial charge in [-0.15, -0.1) is 0 Å². The van der Waals surface area contributed by atoms with Gasteiger partial charge in [0.15, 0.2) is 0 Å². The van der Waals surface area contributed by atoms with Gasteiger partial charge in [-0.05, 0) is 36.9 Å². The lowest BCUT2D eigenvalue weighted by molar-refractivity contribution is 0.0696. The average molecular weight is 247 g/mol. The minimum atomic E-state index is -0.965. The van der Waals surface area contributed by atoms with Gasteiger partial charge in [-0.3, -0.25) is 0 Å². The summed E-state index contributed by atoms with van der Waals surface area (Å²) in [6.07, 6.45) is 2.94. The number of rotatable bonds is 3. The summed E-state index contributed by atoms with van der Waals surface area (Å²) in [7, 11) is 0. The number of aromatic carboxylic acids is 1. The molecule has 0 fully saturated rings. The number of pyridine rings is 1. The van der Waals surface area contributed by atoms with Gasteiger partial charge >= 0.3 is 5.97 Å². The molecule has 0 aliphatic heterocycles. The summed E-state index contributed by atoms with van der Waals surface area (Å²) in [6.45, 7) is 1.87. The van der Waals surface area contributed by atoms with Gasteiger partial charge in [-0.2, -0.15) is 0 Å². The smallest absolute Gasteiger partial charge is 0.335 e. The molecule has 0 spiro atoms. The van der Waals surface area contributed by atoms with E-state index in [0.717, 1.165) is 10.7 Å². The van der Waals surface area contributed by atoms with Gasteiger partial charge in [0.25, 0.3) is 0 Å². The Hall–Kier alpha value is -1.95. The van der Waals surface area contributed by atoms with Crippen LogP contribution >= 0.6 is 11.8 Å². The number of hydrogen-bond acceptors (Lipinski definition) is 5. The van der Waals surface area contributed by atoms with Crippen molar-refractivity contribution < 1.29 is 9.90 Å². The van der Waals surface area contributed by atoms with Gasteiger partial charge < -0.3 is 5.11 Å². The molecule has 2 heterocycles. The number of nitrogens with zero attached hydrogens (tertiary/aromatic N) is 3. The highest BCUT2D eigenvalue weighted by Gasteiger charge is 2.06. The van der Waals surface area contributed by atoms with Gasteiger partial charge in [-0.25, -0.2) is 19.7 Å². The molecule has 5 nitrogen and oxygen atoms in total. The van der Waals surface area contributed by atoms with Crippen LogP contribution in [0, 0.1) is 6.92 Å². The molecule has 0 bridgehead atoms. The molecule has 0 radical (unpaired) electrons. The Kier molecular flexibility index (Phi) is 3.34. The molecule has 86 valence electrons. The first-order chi connectivity index (χ1) is 8.15. The maximum atomic E-state index is 10.8. The van der Waals surface area contributed by atoms with Crippen LogP contribution in [0.5, 0.6) is 0 Å². The second-order valence-corrected chi connectivity index (χ2v) is 4.33. The lowest BCUT2D eigenvalue weighted by atomic mass is 10.3. The molecule has 0 saturated heterocycles. The molecular formula is C11H9N3O2S. The topological polar surface area (TPSA) is 76.0 Å². The van der Waals surface area contributed by atoms with Crippen LogP contribution in [0.2, 0.25) is 0 Å². The Morgan fingerprint density at radius 3 is 2.71 bits per heavy atom. The third-order valence-electron chi connectivity index (χ3n) is 1.97. The Morgan fingerprint density at radius 2 is 2.00 bits per heavy atom. The first-order valence-electron chi connectivity index (χ1n) is 4.81. The van der Waals surface area contributed by atoms with E-state index in [1.165, 1.54) is 36.4 Å². The minimum Gasteiger partial charge on any atom is -0.478 e. The number of hydrogen-bond donors (Lipinski definition) is 1. The average Bonchev–Trinajstić information content (AvgIpc) is 2.29. The molecule has 1 N–H and O–H groups in total. The van der Waals surface area contributed by atoms with Crippen molar-refractivity contribution in [3.63, 3.8) is 0 Å². The zero-order chi connectivity index (χ0) is 12.3. The number of carboxylic acids is 1. The Labute approximate surface area is 102 Å². The first kappa shape index (κ1) is 11.5. The SMILES string of the molecule is Cc1cc(Sc2cc(C(=O)O)ccn2)ncn1. The lowest BCUT2D eigenvalue weighted by Gasteiger charge is -2.01. The first-order valence-corrected chi connectivity index (χ1v) is 5.62. The van der Waals surface area contributed by atoms with Gasteiger partial charge in [0, 0.05) is 11.9 Å². The maximum absolute atomic E-state index is 10.8. The van der Waals surface area contributed by atoms with Gasteiger partial charge in [0.2, 0.25) is 0 Å². The predicted molar refractivity (Wildman–Crippen MR) is 62.1 cm³/mol. The third-order valence-corrected chi connectivity index (χ3v) is 2.83. The molecule has 0 saturated carbocycles. The van der Waals surface area contributed by atoms with Crippen molar-refractivity contribution >= 4 is 17.7 Å². The quantitative estimate of drug-likeness (QED) is 0.836. The van der Waals surface area contributed by atoms with Gasteiger partial charge in [0.1, 0.15) is 16.4 Å². The maximum Gasteiger partial charge on any atom is 0.335 e. The van der Waals surface area contributed by atoms with Crippen LogP contribution in [-0.2, 0) is 0 Å². The Morgan fingerprint density at radius 1 is 1.24 bits per heavy atom. The largest absolute Gasteiger partial charge is 0.478 e. The highest BCUT2D eigenvalue weighted by Crippen LogP contribution is 2.24.